The summed E-state index contributed by atoms with van der Waals surface area (Å²) >= 11 is 0. The first kappa shape index (κ1) is 15.1. The molecule has 1 unspecified atom stereocenters. The molecule has 1 aliphatic rings. The van der Waals surface area contributed by atoms with Gasteiger partial charge in [-0.15, -0.1) is 0 Å². The molecule has 0 radical (unpaired) electrons. The maximum atomic E-state index is 12.8. The molecule has 3 rings (SSSR count). The Morgan fingerprint density at radius 2 is 1.70 bits per heavy atom. The minimum Gasteiger partial charge on any atom is -0.476 e. The number of carbonyl (C=O) groups excluding carboxylic acids is 2. The number of hydrogen-bond donors (Lipinski definition) is 0. The van der Waals surface area contributed by atoms with E-state index in [-0.39, 0.29) is 18.4 Å². The van der Waals surface area contributed by atoms with E-state index in [0.717, 1.165) is 0 Å². The molecule has 2 amide bonds. The van der Waals surface area contributed by atoms with E-state index in [1.54, 1.807) is 37.2 Å². The van der Waals surface area contributed by atoms with Crippen molar-refractivity contribution in [3.8, 4) is 5.75 Å². The fourth-order valence-corrected chi connectivity index (χ4v) is 2.58. The summed E-state index contributed by atoms with van der Waals surface area (Å²) in [6.07, 6.45) is -0.701. The molecule has 118 valence electrons. The van der Waals surface area contributed by atoms with E-state index >= 15 is 0 Å². The highest BCUT2D eigenvalue weighted by atomic mass is 16.5. The second-order valence-electron chi connectivity index (χ2n) is 5.59. The van der Waals surface area contributed by atoms with Crippen LogP contribution in [0.3, 0.4) is 0 Å². The van der Waals surface area contributed by atoms with Crippen LogP contribution in [0.4, 0.5) is 5.69 Å². The van der Waals surface area contributed by atoms with Crippen LogP contribution in [-0.2, 0) is 4.79 Å². The third-order valence-electron chi connectivity index (χ3n) is 3.76. The number of ether oxygens (including phenoxy) is 1. The lowest BCUT2D eigenvalue weighted by molar-refractivity contribution is -0.135. The number of amides is 2. The molecule has 0 N–H and O–H groups in total. The number of nitrogens with zero attached hydrogens (tertiary/aromatic N) is 2. The van der Waals surface area contributed by atoms with Crippen LogP contribution in [0.25, 0.3) is 0 Å². The largest absolute Gasteiger partial charge is 0.476 e. The minimum atomic E-state index is -0.701. The average molecular weight is 310 g/mol. The van der Waals surface area contributed by atoms with Crippen LogP contribution in [-0.4, -0.2) is 43.5 Å². The van der Waals surface area contributed by atoms with E-state index in [1.165, 1.54) is 4.90 Å². The van der Waals surface area contributed by atoms with Crippen molar-refractivity contribution in [3.05, 3.63) is 60.2 Å². The average Bonchev–Trinajstić information content (AvgIpc) is 2.60. The quantitative estimate of drug-likeness (QED) is 0.854. The number of anilines is 1. The molecule has 0 fully saturated rings. The third kappa shape index (κ3) is 2.90. The van der Waals surface area contributed by atoms with Crippen LogP contribution in [0.15, 0.2) is 54.6 Å². The first-order chi connectivity index (χ1) is 11.1. The highest BCUT2D eigenvalue weighted by Gasteiger charge is 2.34. The fraction of sp³-hybridized carbons (Fsp3) is 0.222. The van der Waals surface area contributed by atoms with E-state index in [1.807, 2.05) is 36.4 Å². The zero-order chi connectivity index (χ0) is 16.4. The number of carbonyl (C=O) groups is 2. The van der Waals surface area contributed by atoms with Crippen LogP contribution in [0.5, 0.6) is 5.75 Å². The monoisotopic (exact) mass is 310 g/mol. The van der Waals surface area contributed by atoms with Gasteiger partial charge in [0.15, 0.2) is 6.10 Å². The Balaban J connectivity index is 1.98. The van der Waals surface area contributed by atoms with Gasteiger partial charge in [-0.3, -0.25) is 9.59 Å². The van der Waals surface area contributed by atoms with Gasteiger partial charge in [-0.25, -0.2) is 0 Å². The lowest BCUT2D eigenvalue weighted by atomic mass is 10.1. The molecule has 0 saturated carbocycles. The standard InChI is InChI=1S/C18H18N2O3/c1-19(2)18(22)16-12-20(14-10-6-7-11-15(14)23-16)17(21)13-8-4-3-5-9-13/h3-11,16H,12H2,1-2H3. The number of para-hydroxylation sites is 2. The Bertz CT molecular complexity index is 728. The van der Waals surface area contributed by atoms with Gasteiger partial charge in [0.25, 0.3) is 11.8 Å². The number of benzene rings is 2. The number of hydrogen-bond acceptors (Lipinski definition) is 3. The predicted octanol–water partition coefficient (Wildman–Crippen LogP) is 2.18. The molecule has 0 bridgehead atoms. The van der Waals surface area contributed by atoms with E-state index in [9.17, 15) is 9.59 Å². The van der Waals surface area contributed by atoms with Crippen LogP contribution < -0.4 is 9.64 Å². The minimum absolute atomic E-state index is 0.141. The van der Waals surface area contributed by atoms with Gasteiger partial charge in [0, 0.05) is 19.7 Å². The normalized spacial score (nSPS) is 16.3. The van der Waals surface area contributed by atoms with E-state index in [2.05, 4.69) is 0 Å². The zero-order valence-corrected chi connectivity index (χ0v) is 13.1. The summed E-state index contributed by atoms with van der Waals surface area (Å²) in [7, 11) is 3.35. The molecule has 5 heteroatoms. The number of likely N-dealkylation sites (N-methyl/N-ethyl adjacent to an activating group) is 1. The van der Waals surface area contributed by atoms with Crippen LogP contribution >= 0.6 is 0 Å². The van der Waals surface area contributed by atoms with E-state index in [4.69, 9.17) is 4.74 Å². The molecule has 5 nitrogen and oxygen atoms in total. The molecule has 23 heavy (non-hydrogen) atoms. The van der Waals surface area contributed by atoms with Crippen LogP contribution in [0, 0.1) is 0 Å². The van der Waals surface area contributed by atoms with Gasteiger partial charge in [-0.1, -0.05) is 30.3 Å². The summed E-state index contributed by atoms with van der Waals surface area (Å²) in [6.45, 7) is 0.196. The SMILES string of the molecule is CN(C)C(=O)C1CN(C(=O)c2ccccc2)c2ccccc2O1. The molecule has 0 aromatic heterocycles. The van der Waals surface area contributed by atoms with Crippen molar-refractivity contribution in [2.75, 3.05) is 25.5 Å². The molecular formula is C18H18N2O3. The highest BCUT2D eigenvalue weighted by Crippen LogP contribution is 2.34. The second kappa shape index (κ2) is 6.12. The lowest BCUT2D eigenvalue weighted by Crippen LogP contribution is -2.50. The summed E-state index contributed by atoms with van der Waals surface area (Å²) < 4.78 is 5.79. The van der Waals surface area contributed by atoms with Crippen LogP contribution in [0.1, 0.15) is 10.4 Å². The summed E-state index contributed by atoms with van der Waals surface area (Å²) in [6, 6.07) is 16.3. The Morgan fingerprint density at radius 3 is 2.39 bits per heavy atom. The predicted molar refractivity (Wildman–Crippen MR) is 87.7 cm³/mol. The molecule has 0 aliphatic carbocycles. The van der Waals surface area contributed by atoms with Gasteiger partial charge in [-0.05, 0) is 24.3 Å². The first-order valence-electron chi connectivity index (χ1n) is 7.41. The van der Waals surface area contributed by atoms with Crippen molar-refractivity contribution in [1.82, 2.24) is 4.90 Å². The van der Waals surface area contributed by atoms with Gasteiger partial charge in [0.2, 0.25) is 0 Å². The fourth-order valence-electron chi connectivity index (χ4n) is 2.58. The maximum absolute atomic E-state index is 12.8. The van der Waals surface area contributed by atoms with Gasteiger partial charge in [0.1, 0.15) is 5.75 Å². The molecule has 2 aromatic carbocycles. The van der Waals surface area contributed by atoms with Crippen molar-refractivity contribution in [3.63, 3.8) is 0 Å². The Morgan fingerprint density at radius 1 is 1.04 bits per heavy atom. The van der Waals surface area contributed by atoms with Gasteiger partial charge >= 0.3 is 0 Å². The van der Waals surface area contributed by atoms with Crippen molar-refractivity contribution < 1.29 is 14.3 Å². The van der Waals surface area contributed by atoms with Crippen molar-refractivity contribution >= 4 is 17.5 Å². The maximum Gasteiger partial charge on any atom is 0.265 e. The smallest absolute Gasteiger partial charge is 0.265 e. The zero-order valence-electron chi connectivity index (χ0n) is 13.1. The van der Waals surface area contributed by atoms with E-state index in [0.29, 0.717) is 17.0 Å². The third-order valence-corrected chi connectivity index (χ3v) is 3.76. The van der Waals surface area contributed by atoms with Crippen molar-refractivity contribution in [2.24, 2.45) is 0 Å². The number of rotatable bonds is 2. The number of fused-ring (bicyclic) bond motifs is 1. The summed E-state index contributed by atoms with van der Waals surface area (Å²) in [4.78, 5) is 28.2. The van der Waals surface area contributed by atoms with Crippen molar-refractivity contribution in [1.29, 1.82) is 0 Å². The molecule has 1 aliphatic heterocycles. The summed E-state index contributed by atoms with van der Waals surface area (Å²) in [5.74, 6) is 0.242. The van der Waals surface area contributed by atoms with Crippen molar-refractivity contribution in [2.45, 2.75) is 6.10 Å². The van der Waals surface area contributed by atoms with Crippen LogP contribution in [0.2, 0.25) is 0 Å². The highest BCUT2D eigenvalue weighted by molar-refractivity contribution is 6.07. The topological polar surface area (TPSA) is 49.9 Å². The molecular weight excluding hydrogens is 292 g/mol. The molecule has 1 atom stereocenters. The Kier molecular flexibility index (Phi) is 4.02. The second-order valence-corrected chi connectivity index (χ2v) is 5.59. The molecule has 1 heterocycles. The van der Waals surface area contributed by atoms with Gasteiger partial charge in [0.05, 0.1) is 12.2 Å². The Hall–Kier alpha value is -2.82. The molecule has 0 spiro atoms. The summed E-state index contributed by atoms with van der Waals surface area (Å²) in [5.41, 5.74) is 1.27. The molecule has 2 aromatic rings. The Labute approximate surface area is 135 Å². The lowest BCUT2D eigenvalue weighted by Gasteiger charge is -2.35. The molecule has 0 saturated heterocycles. The van der Waals surface area contributed by atoms with Gasteiger partial charge in [-0.2, -0.15) is 0 Å². The first-order valence-corrected chi connectivity index (χ1v) is 7.41. The summed E-state index contributed by atoms with van der Waals surface area (Å²) in [5, 5.41) is 0. The van der Waals surface area contributed by atoms with Gasteiger partial charge < -0.3 is 14.5 Å². The van der Waals surface area contributed by atoms with E-state index < -0.39 is 6.10 Å².